The maximum atomic E-state index is 14.4. The van der Waals surface area contributed by atoms with Gasteiger partial charge in [0.15, 0.2) is 11.6 Å². The first-order valence-corrected chi connectivity index (χ1v) is 12.8. The molecule has 1 amide bonds. The molecule has 0 saturated carbocycles. The lowest BCUT2D eigenvalue weighted by Gasteiger charge is -2.23. The number of hydrogen-bond donors (Lipinski definition) is 2. The first kappa shape index (κ1) is 25.1. The van der Waals surface area contributed by atoms with Gasteiger partial charge in [-0.1, -0.05) is 13.0 Å². The third-order valence-corrected chi connectivity index (χ3v) is 7.42. The number of para-hydroxylation sites is 1. The number of amides is 1. The molecule has 10 nitrogen and oxygen atoms in total. The molecule has 0 spiro atoms. The smallest absolute Gasteiger partial charge is 0.276 e. The quantitative estimate of drug-likeness (QED) is 0.403. The van der Waals surface area contributed by atoms with Gasteiger partial charge in [-0.25, -0.2) is 8.78 Å². The molecule has 0 unspecified atom stereocenters. The molecular weight excluding hydrogens is 508 g/mol. The molecule has 202 valence electrons. The number of carbonyl (C=O) groups excluding carboxylic acids is 1. The zero-order valence-electron chi connectivity index (χ0n) is 21.2. The molecule has 2 aromatic heterocycles. The van der Waals surface area contributed by atoms with E-state index < -0.39 is 28.8 Å². The molecule has 3 N–H and O–H groups in total. The van der Waals surface area contributed by atoms with Crippen LogP contribution in [0, 0.1) is 17.6 Å². The monoisotopic (exact) mass is 535 g/mol. The van der Waals surface area contributed by atoms with E-state index >= 15 is 0 Å². The predicted octanol–water partition coefficient (Wildman–Crippen LogP) is 2.86. The first-order chi connectivity index (χ1) is 18.8. The van der Waals surface area contributed by atoms with Gasteiger partial charge >= 0.3 is 0 Å². The molecule has 4 aromatic rings. The van der Waals surface area contributed by atoms with E-state index in [0.717, 1.165) is 41.2 Å². The number of fused-ring (bicyclic) bond motifs is 1. The summed E-state index contributed by atoms with van der Waals surface area (Å²) in [5.74, 6) is -2.35. The number of benzene rings is 2. The van der Waals surface area contributed by atoms with E-state index in [0.29, 0.717) is 36.7 Å². The Morgan fingerprint density at radius 1 is 1.10 bits per heavy atom. The summed E-state index contributed by atoms with van der Waals surface area (Å²) < 4.78 is 36.8. The molecule has 4 heterocycles. The molecule has 3 atom stereocenters. The minimum Gasteiger partial charge on any atom is -0.379 e. The topological polar surface area (TPSA) is 120 Å². The Labute approximate surface area is 222 Å². The van der Waals surface area contributed by atoms with Crippen molar-refractivity contribution in [1.29, 1.82) is 0 Å². The number of aromatic nitrogens is 4. The zero-order chi connectivity index (χ0) is 27.3. The normalized spacial score (nSPS) is 21.1. The standard InChI is InChI=1S/C27H27F2N7O3/c1-15-12-34(13-20(15)30)25-17-11-31-35(16-9-10-39-14-16)23(17)7-5-21(25)32-27(38)22-6-8-24(37)36(33-22)26-18(28)3-2-4-19(26)29/h2-8,11,15-16,20H,9-10,12-14,30H2,1H3,(H,32,38)/t15-,16-,20+/m1/s1. The maximum Gasteiger partial charge on any atom is 0.276 e. The highest BCUT2D eigenvalue weighted by Gasteiger charge is 2.31. The van der Waals surface area contributed by atoms with Crippen LogP contribution >= 0.6 is 0 Å². The van der Waals surface area contributed by atoms with Gasteiger partial charge in [-0.15, -0.1) is 0 Å². The Morgan fingerprint density at radius 2 is 1.90 bits per heavy atom. The van der Waals surface area contributed by atoms with Crippen LogP contribution in [0.4, 0.5) is 20.2 Å². The summed E-state index contributed by atoms with van der Waals surface area (Å²) in [6.45, 7) is 4.63. The number of hydrogen-bond acceptors (Lipinski definition) is 7. The van der Waals surface area contributed by atoms with Gasteiger partial charge in [-0.2, -0.15) is 14.9 Å². The highest BCUT2D eigenvalue weighted by molar-refractivity contribution is 6.09. The summed E-state index contributed by atoms with van der Waals surface area (Å²) in [5.41, 5.74) is 6.92. The van der Waals surface area contributed by atoms with Crippen LogP contribution in [-0.2, 0) is 4.74 Å². The van der Waals surface area contributed by atoms with Gasteiger partial charge in [-0.05, 0) is 42.7 Å². The van der Waals surface area contributed by atoms with Crippen molar-refractivity contribution in [1.82, 2.24) is 19.6 Å². The average molecular weight is 536 g/mol. The predicted molar refractivity (Wildman–Crippen MR) is 141 cm³/mol. The van der Waals surface area contributed by atoms with Crippen LogP contribution in [0.15, 0.2) is 53.5 Å². The molecule has 2 fully saturated rings. The Morgan fingerprint density at radius 3 is 2.59 bits per heavy atom. The highest BCUT2D eigenvalue weighted by Crippen LogP contribution is 2.39. The largest absolute Gasteiger partial charge is 0.379 e. The first-order valence-electron chi connectivity index (χ1n) is 12.8. The summed E-state index contributed by atoms with van der Waals surface area (Å²) in [6, 6.07) is 9.25. The van der Waals surface area contributed by atoms with Crippen molar-refractivity contribution in [3.8, 4) is 5.69 Å². The van der Waals surface area contributed by atoms with Gasteiger partial charge in [0.1, 0.15) is 11.4 Å². The van der Waals surface area contributed by atoms with E-state index in [1.54, 1.807) is 12.3 Å². The van der Waals surface area contributed by atoms with Crippen molar-refractivity contribution in [2.24, 2.45) is 11.7 Å². The number of ether oxygens (including phenoxy) is 1. The van der Waals surface area contributed by atoms with Crippen molar-refractivity contribution in [3.63, 3.8) is 0 Å². The molecule has 2 aliphatic rings. The van der Waals surface area contributed by atoms with Crippen LogP contribution in [0.3, 0.4) is 0 Å². The Hall–Kier alpha value is -4.16. The maximum absolute atomic E-state index is 14.4. The van der Waals surface area contributed by atoms with Crippen molar-refractivity contribution in [2.75, 3.05) is 36.5 Å². The molecule has 12 heteroatoms. The number of nitrogens with zero attached hydrogens (tertiary/aromatic N) is 5. The summed E-state index contributed by atoms with van der Waals surface area (Å²) in [7, 11) is 0. The molecule has 6 rings (SSSR count). The Balaban J connectivity index is 1.40. The Kier molecular flexibility index (Phi) is 6.35. The third kappa shape index (κ3) is 4.45. The number of rotatable bonds is 5. The van der Waals surface area contributed by atoms with Crippen LogP contribution in [0.5, 0.6) is 0 Å². The van der Waals surface area contributed by atoms with Crippen molar-refractivity contribution >= 4 is 28.2 Å². The van der Waals surface area contributed by atoms with Crippen molar-refractivity contribution < 1.29 is 18.3 Å². The second-order valence-corrected chi connectivity index (χ2v) is 10.0. The fourth-order valence-electron chi connectivity index (χ4n) is 5.30. The Bertz CT molecular complexity index is 1600. The van der Waals surface area contributed by atoms with Gasteiger partial charge in [0.2, 0.25) is 0 Å². The molecule has 0 aliphatic carbocycles. The van der Waals surface area contributed by atoms with E-state index in [1.165, 1.54) is 12.1 Å². The molecule has 2 aromatic carbocycles. The number of anilines is 2. The summed E-state index contributed by atoms with van der Waals surface area (Å²) in [4.78, 5) is 27.9. The van der Waals surface area contributed by atoms with Gasteiger partial charge in [-0.3, -0.25) is 14.3 Å². The van der Waals surface area contributed by atoms with Gasteiger partial charge in [0.05, 0.1) is 35.7 Å². The second kappa shape index (κ2) is 9.86. The minimum absolute atomic E-state index is 0.0389. The van der Waals surface area contributed by atoms with Crippen LogP contribution in [0.25, 0.3) is 16.6 Å². The van der Waals surface area contributed by atoms with Crippen molar-refractivity contribution in [3.05, 3.63) is 76.3 Å². The number of nitrogens with one attached hydrogen (secondary N) is 1. The molecule has 0 radical (unpaired) electrons. The van der Waals surface area contributed by atoms with E-state index in [1.807, 2.05) is 10.7 Å². The fraction of sp³-hybridized carbons (Fsp3) is 0.333. The lowest BCUT2D eigenvalue weighted by atomic mass is 10.1. The van der Waals surface area contributed by atoms with Crippen molar-refractivity contribution in [2.45, 2.75) is 25.4 Å². The van der Waals surface area contributed by atoms with Crippen LogP contribution in [-0.4, -0.2) is 57.8 Å². The summed E-state index contributed by atoms with van der Waals surface area (Å²) in [6.07, 6.45) is 2.65. The fourth-order valence-corrected chi connectivity index (χ4v) is 5.30. The zero-order valence-corrected chi connectivity index (χ0v) is 21.2. The lowest BCUT2D eigenvalue weighted by Crippen LogP contribution is -2.29. The number of halogens is 2. The van der Waals surface area contributed by atoms with E-state index in [9.17, 15) is 18.4 Å². The van der Waals surface area contributed by atoms with E-state index in [-0.39, 0.29) is 23.7 Å². The van der Waals surface area contributed by atoms with Gasteiger partial charge < -0.3 is 20.7 Å². The van der Waals surface area contributed by atoms with Gasteiger partial charge in [0, 0.05) is 37.2 Å². The summed E-state index contributed by atoms with van der Waals surface area (Å²) >= 11 is 0. The molecule has 2 saturated heterocycles. The minimum atomic E-state index is -0.973. The number of nitrogens with two attached hydrogens (primary N) is 1. The molecular formula is C27H27F2N7O3. The summed E-state index contributed by atoms with van der Waals surface area (Å²) in [5, 5.41) is 12.4. The van der Waals surface area contributed by atoms with Crippen LogP contribution in [0.1, 0.15) is 29.9 Å². The molecule has 39 heavy (non-hydrogen) atoms. The lowest BCUT2D eigenvalue weighted by molar-refractivity contribution is 0.102. The number of carbonyl (C=O) groups is 1. The van der Waals surface area contributed by atoms with E-state index in [2.05, 4.69) is 27.3 Å². The van der Waals surface area contributed by atoms with Crippen LogP contribution in [0.2, 0.25) is 0 Å². The molecule has 0 bridgehead atoms. The van der Waals surface area contributed by atoms with E-state index in [4.69, 9.17) is 10.5 Å². The second-order valence-electron chi connectivity index (χ2n) is 10.0. The third-order valence-electron chi connectivity index (χ3n) is 7.42. The van der Waals surface area contributed by atoms with Crippen LogP contribution < -0.4 is 21.5 Å². The highest BCUT2D eigenvalue weighted by atomic mass is 19.1. The van der Waals surface area contributed by atoms with Gasteiger partial charge in [0.25, 0.3) is 11.5 Å². The SMILES string of the molecule is C[C@@H]1CN(c2c(NC(=O)c3ccc(=O)n(-c4c(F)cccc4F)n3)ccc3c2cnn3[C@@H]2CCOC2)C[C@@H]1N. The molecule has 2 aliphatic heterocycles. The average Bonchev–Trinajstić information content (AvgIpc) is 3.65.